The Morgan fingerprint density at radius 1 is 1.19 bits per heavy atom. The first-order chi connectivity index (χ1) is 9.88. The van der Waals surface area contributed by atoms with Crippen molar-refractivity contribution in [3.05, 3.63) is 35.4 Å². The van der Waals surface area contributed by atoms with Crippen molar-refractivity contribution in [2.75, 3.05) is 6.54 Å². The fourth-order valence-corrected chi connectivity index (χ4v) is 3.02. The van der Waals surface area contributed by atoms with Crippen LogP contribution in [0.4, 0.5) is 0 Å². The SMILES string of the molecule is CC(C)(C)c1ccccc1C(=O)NCC1CCC(O)CC1. The number of aliphatic hydroxyl groups is 1. The smallest absolute Gasteiger partial charge is 0.251 e. The summed E-state index contributed by atoms with van der Waals surface area (Å²) in [6.45, 7) is 7.09. The molecule has 0 aliphatic heterocycles. The summed E-state index contributed by atoms with van der Waals surface area (Å²) >= 11 is 0. The van der Waals surface area contributed by atoms with Gasteiger partial charge in [-0.3, -0.25) is 4.79 Å². The van der Waals surface area contributed by atoms with Crippen LogP contribution in [0.3, 0.4) is 0 Å². The number of carbonyl (C=O) groups is 1. The van der Waals surface area contributed by atoms with Gasteiger partial charge in [-0.15, -0.1) is 0 Å². The molecular weight excluding hydrogens is 262 g/mol. The van der Waals surface area contributed by atoms with Crippen molar-refractivity contribution in [3.8, 4) is 0 Å². The van der Waals surface area contributed by atoms with Gasteiger partial charge in [-0.05, 0) is 48.6 Å². The van der Waals surface area contributed by atoms with Crippen LogP contribution in [0.15, 0.2) is 24.3 Å². The van der Waals surface area contributed by atoms with Gasteiger partial charge in [0.25, 0.3) is 5.91 Å². The lowest BCUT2D eigenvalue weighted by atomic mass is 9.83. The van der Waals surface area contributed by atoms with Crippen molar-refractivity contribution in [1.29, 1.82) is 0 Å². The monoisotopic (exact) mass is 289 g/mol. The predicted molar refractivity (Wildman–Crippen MR) is 85.4 cm³/mol. The van der Waals surface area contributed by atoms with E-state index in [-0.39, 0.29) is 17.4 Å². The second-order valence-electron chi connectivity index (χ2n) is 7.18. The van der Waals surface area contributed by atoms with Crippen molar-refractivity contribution in [2.45, 2.75) is 58.0 Å². The molecule has 1 aromatic carbocycles. The van der Waals surface area contributed by atoms with Crippen LogP contribution in [0.2, 0.25) is 0 Å². The van der Waals surface area contributed by atoms with Crippen molar-refractivity contribution >= 4 is 5.91 Å². The number of amides is 1. The minimum Gasteiger partial charge on any atom is -0.393 e. The molecule has 3 nitrogen and oxygen atoms in total. The molecule has 1 aliphatic rings. The summed E-state index contributed by atoms with van der Waals surface area (Å²) in [6.07, 6.45) is 3.58. The fourth-order valence-electron chi connectivity index (χ4n) is 3.02. The van der Waals surface area contributed by atoms with E-state index < -0.39 is 0 Å². The van der Waals surface area contributed by atoms with E-state index in [0.29, 0.717) is 12.5 Å². The molecule has 0 radical (unpaired) electrons. The number of carbonyl (C=O) groups excluding carboxylic acids is 1. The third-order valence-corrected chi connectivity index (χ3v) is 4.35. The first kappa shape index (κ1) is 16.0. The Balaban J connectivity index is 1.98. The predicted octanol–water partition coefficient (Wildman–Crippen LogP) is 3.27. The first-order valence-corrected chi connectivity index (χ1v) is 7.93. The molecule has 1 fully saturated rings. The lowest BCUT2D eigenvalue weighted by Crippen LogP contribution is -2.33. The van der Waals surface area contributed by atoms with Crippen LogP contribution in [-0.4, -0.2) is 23.7 Å². The standard InChI is InChI=1S/C18H27NO2/c1-18(2,3)16-7-5-4-6-15(16)17(21)19-12-13-8-10-14(20)11-9-13/h4-7,13-14,20H,8-12H2,1-3H3,(H,19,21). The van der Waals surface area contributed by atoms with Crippen molar-refractivity contribution < 1.29 is 9.90 Å². The quantitative estimate of drug-likeness (QED) is 0.897. The highest BCUT2D eigenvalue weighted by atomic mass is 16.3. The Morgan fingerprint density at radius 2 is 1.81 bits per heavy atom. The van der Waals surface area contributed by atoms with Gasteiger partial charge in [0.1, 0.15) is 0 Å². The van der Waals surface area contributed by atoms with Gasteiger partial charge >= 0.3 is 0 Å². The number of aliphatic hydroxyl groups excluding tert-OH is 1. The fraction of sp³-hybridized carbons (Fsp3) is 0.611. The Labute approximate surface area is 127 Å². The van der Waals surface area contributed by atoms with E-state index in [1.54, 1.807) is 0 Å². The summed E-state index contributed by atoms with van der Waals surface area (Å²) in [4.78, 5) is 12.5. The zero-order valence-electron chi connectivity index (χ0n) is 13.4. The summed E-state index contributed by atoms with van der Waals surface area (Å²) in [5.41, 5.74) is 1.82. The van der Waals surface area contributed by atoms with E-state index in [1.165, 1.54) is 0 Å². The lowest BCUT2D eigenvalue weighted by molar-refractivity contribution is 0.0908. The topological polar surface area (TPSA) is 49.3 Å². The van der Waals surface area contributed by atoms with E-state index in [1.807, 2.05) is 24.3 Å². The molecule has 0 unspecified atom stereocenters. The highest BCUT2D eigenvalue weighted by Crippen LogP contribution is 2.26. The van der Waals surface area contributed by atoms with Gasteiger partial charge < -0.3 is 10.4 Å². The van der Waals surface area contributed by atoms with Crippen LogP contribution >= 0.6 is 0 Å². The Morgan fingerprint density at radius 3 is 2.43 bits per heavy atom. The number of rotatable bonds is 3. The Bertz CT molecular complexity index is 482. The van der Waals surface area contributed by atoms with Crippen LogP contribution in [0.5, 0.6) is 0 Å². The molecule has 116 valence electrons. The molecular formula is C18H27NO2. The summed E-state index contributed by atoms with van der Waals surface area (Å²) in [5, 5.41) is 12.6. The molecule has 0 aromatic heterocycles. The van der Waals surface area contributed by atoms with E-state index in [9.17, 15) is 9.90 Å². The second-order valence-corrected chi connectivity index (χ2v) is 7.18. The molecule has 0 atom stereocenters. The van der Waals surface area contributed by atoms with Crippen molar-refractivity contribution in [3.63, 3.8) is 0 Å². The van der Waals surface area contributed by atoms with Crippen LogP contribution in [-0.2, 0) is 5.41 Å². The molecule has 21 heavy (non-hydrogen) atoms. The van der Waals surface area contributed by atoms with Gasteiger partial charge in [-0.2, -0.15) is 0 Å². The van der Waals surface area contributed by atoms with Gasteiger partial charge in [0.05, 0.1) is 6.10 Å². The van der Waals surface area contributed by atoms with Gasteiger partial charge in [0.2, 0.25) is 0 Å². The van der Waals surface area contributed by atoms with E-state index >= 15 is 0 Å². The van der Waals surface area contributed by atoms with Crippen LogP contribution in [0.1, 0.15) is 62.4 Å². The summed E-state index contributed by atoms with van der Waals surface area (Å²) in [5.74, 6) is 0.519. The third-order valence-electron chi connectivity index (χ3n) is 4.35. The molecule has 1 saturated carbocycles. The Hall–Kier alpha value is -1.35. The summed E-state index contributed by atoms with van der Waals surface area (Å²) in [6, 6.07) is 7.84. The maximum absolute atomic E-state index is 12.5. The molecule has 1 aromatic rings. The van der Waals surface area contributed by atoms with Crippen molar-refractivity contribution in [2.24, 2.45) is 5.92 Å². The molecule has 0 spiro atoms. The van der Waals surface area contributed by atoms with Crippen LogP contribution in [0.25, 0.3) is 0 Å². The average molecular weight is 289 g/mol. The largest absolute Gasteiger partial charge is 0.393 e. The lowest BCUT2D eigenvalue weighted by Gasteiger charge is -2.26. The summed E-state index contributed by atoms with van der Waals surface area (Å²) in [7, 11) is 0. The third kappa shape index (κ3) is 4.31. The van der Waals surface area contributed by atoms with E-state index in [0.717, 1.165) is 36.8 Å². The molecule has 2 N–H and O–H groups in total. The zero-order chi connectivity index (χ0) is 15.5. The Kier molecular flexibility index (Phi) is 5.04. The van der Waals surface area contributed by atoms with E-state index in [4.69, 9.17) is 0 Å². The van der Waals surface area contributed by atoms with Gasteiger partial charge in [0, 0.05) is 12.1 Å². The van der Waals surface area contributed by atoms with Crippen LogP contribution in [0, 0.1) is 5.92 Å². The second kappa shape index (κ2) is 6.61. The van der Waals surface area contributed by atoms with Gasteiger partial charge in [-0.1, -0.05) is 39.0 Å². The van der Waals surface area contributed by atoms with Crippen molar-refractivity contribution in [1.82, 2.24) is 5.32 Å². The maximum Gasteiger partial charge on any atom is 0.251 e. The molecule has 0 saturated heterocycles. The minimum atomic E-state index is -0.140. The molecule has 0 bridgehead atoms. The first-order valence-electron chi connectivity index (χ1n) is 7.93. The normalized spacial score (nSPS) is 22.9. The highest BCUT2D eigenvalue weighted by molar-refractivity contribution is 5.96. The molecule has 0 heterocycles. The number of nitrogens with one attached hydrogen (secondary N) is 1. The molecule has 3 heteroatoms. The number of hydrogen-bond acceptors (Lipinski definition) is 2. The summed E-state index contributed by atoms with van der Waals surface area (Å²) < 4.78 is 0. The molecule has 1 aliphatic carbocycles. The van der Waals surface area contributed by atoms with Crippen LogP contribution < -0.4 is 5.32 Å². The van der Waals surface area contributed by atoms with Gasteiger partial charge in [-0.25, -0.2) is 0 Å². The average Bonchev–Trinajstić information content (AvgIpc) is 2.45. The molecule has 1 amide bonds. The highest BCUT2D eigenvalue weighted by Gasteiger charge is 2.23. The maximum atomic E-state index is 12.5. The molecule has 2 rings (SSSR count). The zero-order valence-corrected chi connectivity index (χ0v) is 13.4. The van der Waals surface area contributed by atoms with Gasteiger partial charge in [0.15, 0.2) is 0 Å². The number of benzene rings is 1. The number of hydrogen-bond donors (Lipinski definition) is 2. The minimum absolute atomic E-state index is 0.0200. The van der Waals surface area contributed by atoms with E-state index in [2.05, 4.69) is 26.1 Å².